The summed E-state index contributed by atoms with van der Waals surface area (Å²) >= 11 is 8.11. The quantitative estimate of drug-likeness (QED) is 0.748. The van der Waals surface area contributed by atoms with E-state index in [9.17, 15) is 4.79 Å². The fourth-order valence-corrected chi connectivity index (χ4v) is 3.78. The zero-order valence-electron chi connectivity index (χ0n) is 13.9. The van der Waals surface area contributed by atoms with Crippen molar-refractivity contribution in [2.75, 3.05) is 31.8 Å². The third kappa shape index (κ3) is 5.53. The summed E-state index contributed by atoms with van der Waals surface area (Å²) in [5.41, 5.74) is 6.87. The maximum atomic E-state index is 12.2. The first-order valence-electron chi connectivity index (χ1n) is 7.94. The van der Waals surface area contributed by atoms with Gasteiger partial charge in [-0.3, -0.25) is 4.79 Å². The van der Waals surface area contributed by atoms with Gasteiger partial charge >= 0.3 is 0 Å². The molecular weight excluding hydrogens is 367 g/mol. The summed E-state index contributed by atoms with van der Waals surface area (Å²) in [5, 5.41) is 3.79. The summed E-state index contributed by atoms with van der Waals surface area (Å²) < 4.78 is 5.51. The zero-order chi connectivity index (χ0) is 16.7. The van der Waals surface area contributed by atoms with Gasteiger partial charge in [-0.25, -0.2) is 0 Å². The molecule has 0 saturated carbocycles. The zero-order valence-corrected chi connectivity index (χ0v) is 16.3. The van der Waals surface area contributed by atoms with Crippen LogP contribution in [0.25, 0.3) is 0 Å². The number of hydrogen-bond donors (Lipinski definition) is 2. The molecule has 1 saturated heterocycles. The van der Waals surface area contributed by atoms with E-state index in [2.05, 4.69) is 5.32 Å². The number of amides is 1. The van der Waals surface area contributed by atoms with Crippen molar-refractivity contribution in [1.29, 1.82) is 0 Å². The largest absolute Gasteiger partial charge is 0.381 e. The highest BCUT2D eigenvalue weighted by molar-refractivity contribution is 7.98. The molecule has 1 aromatic rings. The molecule has 4 nitrogen and oxygen atoms in total. The van der Waals surface area contributed by atoms with Crippen LogP contribution < -0.4 is 11.1 Å². The molecule has 0 aliphatic carbocycles. The molecule has 0 spiro atoms. The van der Waals surface area contributed by atoms with E-state index < -0.39 is 6.04 Å². The number of carbonyl (C=O) groups is 1. The lowest BCUT2D eigenvalue weighted by atomic mass is 9.74. The average molecular weight is 393 g/mol. The maximum absolute atomic E-state index is 12.2. The van der Waals surface area contributed by atoms with Gasteiger partial charge < -0.3 is 15.8 Å². The molecule has 1 aromatic carbocycles. The van der Waals surface area contributed by atoms with Crippen LogP contribution >= 0.6 is 35.8 Å². The van der Waals surface area contributed by atoms with Crippen molar-refractivity contribution in [3.63, 3.8) is 0 Å². The predicted octanol–water partition coefficient (Wildman–Crippen LogP) is 3.01. The number of carbonyl (C=O) groups excluding carboxylic acids is 1. The van der Waals surface area contributed by atoms with Crippen molar-refractivity contribution in [2.24, 2.45) is 5.73 Å². The summed E-state index contributed by atoms with van der Waals surface area (Å²) in [6.07, 6.45) is 4.39. The Kier molecular flexibility index (Phi) is 9.45. The Morgan fingerprint density at radius 3 is 2.71 bits per heavy atom. The van der Waals surface area contributed by atoms with Crippen LogP contribution in [0.4, 0.5) is 0 Å². The molecule has 0 unspecified atom stereocenters. The molecule has 0 bridgehead atoms. The van der Waals surface area contributed by atoms with Crippen molar-refractivity contribution in [3.05, 3.63) is 34.9 Å². The predicted molar refractivity (Wildman–Crippen MR) is 104 cm³/mol. The van der Waals surface area contributed by atoms with Gasteiger partial charge in [0.2, 0.25) is 5.91 Å². The molecular formula is C17H26Cl2N2O2S. The van der Waals surface area contributed by atoms with Gasteiger partial charge in [0.25, 0.3) is 0 Å². The lowest BCUT2D eigenvalue weighted by Gasteiger charge is -2.38. The van der Waals surface area contributed by atoms with Gasteiger partial charge in [0.05, 0.1) is 6.04 Å². The van der Waals surface area contributed by atoms with Crippen LogP contribution in [-0.2, 0) is 14.9 Å². The smallest absolute Gasteiger partial charge is 0.236 e. The van der Waals surface area contributed by atoms with Gasteiger partial charge in [-0.2, -0.15) is 11.8 Å². The van der Waals surface area contributed by atoms with Crippen molar-refractivity contribution >= 4 is 41.7 Å². The highest BCUT2D eigenvalue weighted by Gasteiger charge is 2.36. The van der Waals surface area contributed by atoms with E-state index in [0.717, 1.165) is 29.2 Å². The van der Waals surface area contributed by atoms with Gasteiger partial charge in [0.15, 0.2) is 0 Å². The number of nitrogens with two attached hydrogens (primary N) is 1. The molecule has 1 aliphatic heterocycles. The summed E-state index contributed by atoms with van der Waals surface area (Å²) in [7, 11) is 0. The molecule has 0 radical (unpaired) electrons. The Hall–Kier alpha value is -0.460. The summed E-state index contributed by atoms with van der Waals surface area (Å²) in [6, 6.07) is 7.42. The Labute approximate surface area is 159 Å². The van der Waals surface area contributed by atoms with Crippen LogP contribution in [-0.4, -0.2) is 43.7 Å². The van der Waals surface area contributed by atoms with Crippen LogP contribution in [0, 0.1) is 0 Å². The normalized spacial score (nSPS) is 17.6. The molecule has 7 heteroatoms. The van der Waals surface area contributed by atoms with Crippen LogP contribution in [0.15, 0.2) is 24.3 Å². The van der Waals surface area contributed by atoms with E-state index in [0.29, 0.717) is 26.2 Å². The summed E-state index contributed by atoms with van der Waals surface area (Å²) in [5.74, 6) is 0.801. The topological polar surface area (TPSA) is 64.4 Å². The molecule has 24 heavy (non-hydrogen) atoms. The van der Waals surface area contributed by atoms with E-state index in [1.165, 1.54) is 0 Å². The Bertz CT molecular complexity index is 525. The van der Waals surface area contributed by atoms with E-state index in [-0.39, 0.29) is 23.7 Å². The fourth-order valence-electron chi connectivity index (χ4n) is 2.96. The molecule has 0 aromatic heterocycles. The van der Waals surface area contributed by atoms with Gasteiger partial charge in [-0.15, -0.1) is 12.4 Å². The second-order valence-electron chi connectivity index (χ2n) is 5.98. The van der Waals surface area contributed by atoms with Crippen molar-refractivity contribution in [3.8, 4) is 0 Å². The SMILES string of the molecule is CSCC[C@H](N)C(=O)NCC1(c2ccccc2Cl)CCOCC1.Cl. The monoisotopic (exact) mass is 392 g/mol. The number of hydrogen-bond acceptors (Lipinski definition) is 4. The number of rotatable bonds is 7. The van der Waals surface area contributed by atoms with Crippen molar-refractivity contribution in [1.82, 2.24) is 5.32 Å². The highest BCUT2D eigenvalue weighted by atomic mass is 35.5. The second-order valence-corrected chi connectivity index (χ2v) is 7.37. The van der Waals surface area contributed by atoms with Crippen molar-refractivity contribution in [2.45, 2.75) is 30.7 Å². The number of ether oxygens (including phenoxy) is 1. The molecule has 1 fully saturated rings. The minimum Gasteiger partial charge on any atom is -0.381 e. The lowest BCUT2D eigenvalue weighted by Crippen LogP contribution is -2.49. The average Bonchev–Trinajstić information content (AvgIpc) is 2.58. The number of thioether (sulfide) groups is 1. The maximum Gasteiger partial charge on any atom is 0.236 e. The fraction of sp³-hybridized carbons (Fsp3) is 0.588. The van der Waals surface area contributed by atoms with Crippen molar-refractivity contribution < 1.29 is 9.53 Å². The molecule has 1 heterocycles. The first-order chi connectivity index (χ1) is 11.1. The summed E-state index contributed by atoms with van der Waals surface area (Å²) in [6.45, 7) is 1.91. The first kappa shape index (κ1) is 21.6. The molecule has 136 valence electrons. The Morgan fingerprint density at radius 2 is 2.08 bits per heavy atom. The van der Waals surface area contributed by atoms with Gasteiger partial charge in [-0.05, 0) is 42.9 Å². The van der Waals surface area contributed by atoms with Crippen LogP contribution in [0.3, 0.4) is 0 Å². The standard InChI is InChI=1S/C17H25ClN2O2S.ClH/c1-23-11-6-15(19)16(21)20-12-17(7-9-22-10-8-17)13-4-2-3-5-14(13)18;/h2-5,15H,6-12,19H2,1H3,(H,20,21);1H/t15-;/m0./s1. The molecule has 1 aliphatic rings. The third-order valence-electron chi connectivity index (χ3n) is 4.47. The number of halogens is 2. The number of benzene rings is 1. The second kappa shape index (κ2) is 10.5. The van der Waals surface area contributed by atoms with E-state index in [4.69, 9.17) is 22.1 Å². The highest BCUT2D eigenvalue weighted by Crippen LogP contribution is 2.38. The summed E-state index contributed by atoms with van der Waals surface area (Å²) in [4.78, 5) is 12.2. The minimum atomic E-state index is -0.453. The van der Waals surface area contributed by atoms with E-state index >= 15 is 0 Å². The van der Waals surface area contributed by atoms with E-state index in [1.807, 2.05) is 30.5 Å². The molecule has 1 amide bonds. The first-order valence-corrected chi connectivity index (χ1v) is 9.71. The van der Waals surface area contributed by atoms with Gasteiger partial charge in [-0.1, -0.05) is 29.8 Å². The van der Waals surface area contributed by atoms with Crippen LogP contribution in [0.5, 0.6) is 0 Å². The minimum absolute atomic E-state index is 0. The Morgan fingerprint density at radius 1 is 1.42 bits per heavy atom. The molecule has 1 atom stereocenters. The van der Waals surface area contributed by atoms with Gasteiger partial charge in [0, 0.05) is 30.2 Å². The van der Waals surface area contributed by atoms with E-state index in [1.54, 1.807) is 11.8 Å². The van der Waals surface area contributed by atoms with Gasteiger partial charge in [0.1, 0.15) is 0 Å². The van der Waals surface area contributed by atoms with Crippen LogP contribution in [0.2, 0.25) is 5.02 Å². The van der Waals surface area contributed by atoms with Crippen LogP contribution in [0.1, 0.15) is 24.8 Å². The molecule has 3 N–H and O–H groups in total. The lowest BCUT2D eigenvalue weighted by molar-refractivity contribution is -0.122. The Balaban J connectivity index is 0.00000288. The third-order valence-corrected chi connectivity index (χ3v) is 5.44. The number of nitrogens with one attached hydrogen (secondary N) is 1. The molecule has 2 rings (SSSR count).